The Kier molecular flexibility index (Phi) is 9.02. The fourth-order valence-electron chi connectivity index (χ4n) is 3.38. The van der Waals surface area contributed by atoms with Crippen LogP contribution in [0.3, 0.4) is 0 Å². The van der Waals surface area contributed by atoms with Gasteiger partial charge in [-0.2, -0.15) is 0 Å². The molecule has 0 bridgehead atoms. The zero-order valence-corrected chi connectivity index (χ0v) is 20.3. The molecule has 8 heteroatoms. The van der Waals surface area contributed by atoms with Gasteiger partial charge >= 0.3 is 0 Å². The Bertz CT molecular complexity index is 709. The van der Waals surface area contributed by atoms with Crippen molar-refractivity contribution in [1.82, 2.24) is 25.6 Å². The van der Waals surface area contributed by atoms with E-state index in [2.05, 4.69) is 48.6 Å². The van der Waals surface area contributed by atoms with Gasteiger partial charge in [-0.25, -0.2) is 4.68 Å². The lowest BCUT2D eigenvalue weighted by Gasteiger charge is -2.30. The summed E-state index contributed by atoms with van der Waals surface area (Å²) in [6, 6.07) is 0. The number of aromatic nitrogens is 3. The molecule has 2 N–H and O–H groups in total. The largest absolute Gasteiger partial charge is 0.375 e. The van der Waals surface area contributed by atoms with Crippen LogP contribution in [-0.4, -0.2) is 52.6 Å². The summed E-state index contributed by atoms with van der Waals surface area (Å²) < 4.78 is 7.97. The van der Waals surface area contributed by atoms with Crippen molar-refractivity contribution in [1.29, 1.82) is 0 Å². The van der Waals surface area contributed by atoms with Gasteiger partial charge in [-0.1, -0.05) is 26.0 Å². The van der Waals surface area contributed by atoms with Crippen molar-refractivity contribution >= 4 is 11.8 Å². The Balaban J connectivity index is 2.68. The van der Waals surface area contributed by atoms with Crippen LogP contribution in [0.2, 0.25) is 0 Å². The molecule has 1 heterocycles. The second-order valence-electron chi connectivity index (χ2n) is 10.1. The van der Waals surface area contributed by atoms with E-state index in [0.717, 1.165) is 18.5 Å². The summed E-state index contributed by atoms with van der Waals surface area (Å²) in [7, 11) is 1.66. The average Bonchev–Trinajstić information content (AvgIpc) is 3.11. The highest BCUT2D eigenvalue weighted by Crippen LogP contribution is 2.30. The lowest BCUT2D eigenvalue weighted by Crippen LogP contribution is -2.34. The smallest absolute Gasteiger partial charge is 0.222 e. The van der Waals surface area contributed by atoms with Crippen molar-refractivity contribution in [3.8, 4) is 0 Å². The molecule has 0 saturated heterocycles. The summed E-state index contributed by atoms with van der Waals surface area (Å²) in [5.74, 6) is -0.0908. The van der Waals surface area contributed by atoms with Crippen LogP contribution in [0.15, 0.2) is 6.20 Å². The van der Waals surface area contributed by atoms with E-state index in [0.29, 0.717) is 19.6 Å². The Morgan fingerprint density at radius 3 is 2.37 bits per heavy atom. The van der Waals surface area contributed by atoms with Crippen molar-refractivity contribution in [3.05, 3.63) is 11.9 Å². The molecule has 2 amide bonds. The van der Waals surface area contributed by atoms with E-state index in [9.17, 15) is 9.59 Å². The molecule has 1 aromatic rings. The monoisotopic (exact) mass is 423 g/mol. The fraction of sp³-hybridized carbons (Fsp3) is 0.818. The van der Waals surface area contributed by atoms with Crippen LogP contribution in [0.4, 0.5) is 0 Å². The van der Waals surface area contributed by atoms with Gasteiger partial charge in [0.1, 0.15) is 0 Å². The third-order valence-corrected chi connectivity index (χ3v) is 5.63. The second kappa shape index (κ2) is 10.4. The summed E-state index contributed by atoms with van der Waals surface area (Å²) in [4.78, 5) is 22.9. The predicted octanol–water partition coefficient (Wildman–Crippen LogP) is 2.77. The molecule has 0 aliphatic rings. The molecule has 1 unspecified atom stereocenters. The van der Waals surface area contributed by atoms with Crippen molar-refractivity contribution in [3.63, 3.8) is 0 Å². The standard InChI is InChI=1S/C22H41N5O3/c1-16(19(29)23-9)14-20(3,4)18-15-27(26-25-18)21(5,6)11-13-30-22(7,8)10-12-24-17(2)28/h15-16H,10-14H2,1-9H3,(H,23,29)(H,24,28). The Hall–Kier alpha value is -1.96. The van der Waals surface area contributed by atoms with E-state index >= 15 is 0 Å². The normalized spacial score (nSPS) is 13.8. The van der Waals surface area contributed by atoms with Crippen molar-refractivity contribution < 1.29 is 14.3 Å². The minimum absolute atomic E-state index is 0.0263. The Morgan fingerprint density at radius 1 is 1.17 bits per heavy atom. The van der Waals surface area contributed by atoms with Crippen LogP contribution in [0.1, 0.15) is 80.3 Å². The van der Waals surface area contributed by atoms with Gasteiger partial charge in [0.05, 0.1) is 16.8 Å². The van der Waals surface area contributed by atoms with Crippen LogP contribution in [-0.2, 0) is 25.3 Å². The first-order valence-corrected chi connectivity index (χ1v) is 10.7. The molecule has 1 aromatic heterocycles. The highest BCUT2D eigenvalue weighted by Gasteiger charge is 2.31. The molecule has 0 aliphatic heterocycles. The van der Waals surface area contributed by atoms with E-state index in [-0.39, 0.29) is 34.3 Å². The number of hydrogen-bond acceptors (Lipinski definition) is 5. The molecule has 0 saturated carbocycles. The maximum Gasteiger partial charge on any atom is 0.222 e. The number of nitrogens with one attached hydrogen (secondary N) is 2. The number of carbonyl (C=O) groups excluding carboxylic acids is 2. The maximum atomic E-state index is 11.9. The van der Waals surface area contributed by atoms with Gasteiger partial charge < -0.3 is 15.4 Å². The molecule has 0 radical (unpaired) electrons. The minimum atomic E-state index is -0.315. The van der Waals surface area contributed by atoms with E-state index in [4.69, 9.17) is 4.74 Å². The molecule has 172 valence electrons. The predicted molar refractivity (Wildman–Crippen MR) is 118 cm³/mol. The Labute approximate surface area is 181 Å². The lowest BCUT2D eigenvalue weighted by molar-refractivity contribution is -0.124. The Morgan fingerprint density at radius 2 is 1.80 bits per heavy atom. The van der Waals surface area contributed by atoms with Crippen LogP contribution >= 0.6 is 0 Å². The number of hydrogen-bond donors (Lipinski definition) is 2. The van der Waals surface area contributed by atoms with Gasteiger partial charge in [-0.3, -0.25) is 9.59 Å². The fourth-order valence-corrected chi connectivity index (χ4v) is 3.38. The number of carbonyl (C=O) groups is 2. The molecular formula is C22H41N5O3. The molecule has 0 aliphatic carbocycles. The summed E-state index contributed by atoms with van der Waals surface area (Å²) in [6.07, 6.45) is 4.20. The molecule has 8 nitrogen and oxygen atoms in total. The summed E-state index contributed by atoms with van der Waals surface area (Å²) in [6.45, 7) is 17.1. The van der Waals surface area contributed by atoms with E-state index in [1.165, 1.54) is 6.92 Å². The summed E-state index contributed by atoms with van der Waals surface area (Å²) >= 11 is 0. The number of amides is 2. The second-order valence-corrected chi connectivity index (χ2v) is 10.1. The van der Waals surface area contributed by atoms with Gasteiger partial charge in [-0.05, 0) is 47.0 Å². The molecule has 0 spiro atoms. The average molecular weight is 424 g/mol. The van der Waals surface area contributed by atoms with E-state index in [1.54, 1.807) is 7.05 Å². The van der Waals surface area contributed by atoms with Crippen LogP contribution < -0.4 is 10.6 Å². The highest BCUT2D eigenvalue weighted by molar-refractivity contribution is 5.78. The zero-order valence-electron chi connectivity index (χ0n) is 20.3. The van der Waals surface area contributed by atoms with Crippen molar-refractivity contribution in [2.75, 3.05) is 20.2 Å². The third-order valence-electron chi connectivity index (χ3n) is 5.63. The van der Waals surface area contributed by atoms with Crippen molar-refractivity contribution in [2.45, 2.75) is 91.2 Å². The summed E-state index contributed by atoms with van der Waals surface area (Å²) in [5, 5.41) is 14.3. The molecule has 0 fully saturated rings. The first-order valence-electron chi connectivity index (χ1n) is 10.7. The molecule has 1 atom stereocenters. The topological polar surface area (TPSA) is 98.1 Å². The molecule has 1 rings (SSSR count). The zero-order chi connectivity index (χ0) is 23.2. The number of nitrogens with zero attached hydrogens (tertiary/aromatic N) is 3. The SMILES string of the molecule is CNC(=O)C(C)CC(C)(C)c1cn(C(C)(C)CCOC(C)(C)CCNC(C)=O)nn1. The first-order chi connectivity index (χ1) is 13.7. The molecular weight excluding hydrogens is 382 g/mol. The molecule has 0 aromatic carbocycles. The van der Waals surface area contributed by atoms with Gasteiger partial charge in [0, 0.05) is 44.7 Å². The van der Waals surface area contributed by atoms with Gasteiger partial charge in [-0.15, -0.1) is 5.10 Å². The maximum absolute atomic E-state index is 11.9. The van der Waals surface area contributed by atoms with E-state index in [1.807, 2.05) is 31.6 Å². The van der Waals surface area contributed by atoms with Crippen LogP contribution in [0.5, 0.6) is 0 Å². The van der Waals surface area contributed by atoms with Gasteiger partial charge in [0.15, 0.2) is 0 Å². The lowest BCUT2D eigenvalue weighted by atomic mass is 9.80. The van der Waals surface area contributed by atoms with Crippen LogP contribution in [0, 0.1) is 5.92 Å². The highest BCUT2D eigenvalue weighted by atomic mass is 16.5. The minimum Gasteiger partial charge on any atom is -0.375 e. The number of rotatable bonds is 12. The van der Waals surface area contributed by atoms with Crippen molar-refractivity contribution in [2.24, 2.45) is 5.92 Å². The quantitative estimate of drug-likeness (QED) is 0.539. The van der Waals surface area contributed by atoms with Gasteiger partial charge in [0.2, 0.25) is 11.8 Å². The number of ether oxygens (including phenoxy) is 1. The third kappa shape index (κ3) is 8.05. The molecule has 30 heavy (non-hydrogen) atoms. The van der Waals surface area contributed by atoms with Gasteiger partial charge in [0.25, 0.3) is 0 Å². The summed E-state index contributed by atoms with van der Waals surface area (Å²) in [5.41, 5.74) is 0.0383. The van der Waals surface area contributed by atoms with E-state index < -0.39 is 0 Å². The van der Waals surface area contributed by atoms with Crippen LogP contribution in [0.25, 0.3) is 0 Å². The first kappa shape index (κ1) is 26.1.